The maximum absolute atomic E-state index is 12.7. The summed E-state index contributed by atoms with van der Waals surface area (Å²) in [4.78, 5) is 17.9. The van der Waals surface area contributed by atoms with E-state index in [1.54, 1.807) is 27.4 Å². The Kier molecular flexibility index (Phi) is 5.76. The minimum absolute atomic E-state index is 0.0647. The van der Waals surface area contributed by atoms with E-state index in [1.807, 2.05) is 22.8 Å². The van der Waals surface area contributed by atoms with Crippen LogP contribution in [-0.2, 0) is 6.42 Å². The van der Waals surface area contributed by atoms with E-state index in [1.165, 1.54) is 0 Å². The zero-order chi connectivity index (χ0) is 23.3. The minimum Gasteiger partial charge on any atom is -0.493 e. The number of hydrogen-bond donors (Lipinski definition) is 2. The molecule has 2 heterocycles. The first-order valence-electron chi connectivity index (χ1n) is 11.1. The van der Waals surface area contributed by atoms with Gasteiger partial charge in [0.1, 0.15) is 0 Å². The van der Waals surface area contributed by atoms with Gasteiger partial charge in [-0.05, 0) is 49.1 Å². The van der Waals surface area contributed by atoms with Gasteiger partial charge in [0.15, 0.2) is 11.5 Å². The lowest BCUT2D eigenvalue weighted by Gasteiger charge is -2.37. The van der Waals surface area contributed by atoms with E-state index in [4.69, 9.17) is 25.8 Å². The summed E-state index contributed by atoms with van der Waals surface area (Å²) in [5, 5.41) is 11.8. The monoisotopic (exact) mass is 473 g/mol. The van der Waals surface area contributed by atoms with E-state index in [-0.39, 0.29) is 17.8 Å². The van der Waals surface area contributed by atoms with Crippen LogP contribution in [0.1, 0.15) is 36.1 Å². The number of ether oxygens (including phenoxy) is 3. The number of likely N-dealkylation sites (tertiary alicyclic amines) is 1. The smallest absolute Gasteiger partial charge is 0.326 e. The highest BCUT2D eigenvalue weighted by Crippen LogP contribution is 2.49. The zero-order valence-electron chi connectivity index (χ0n) is 18.9. The Balaban J connectivity index is 1.37. The number of piperidine rings is 1. The Morgan fingerprint density at radius 2 is 1.79 bits per heavy atom. The third-order valence-corrected chi connectivity index (χ3v) is 7.31. The number of nitrogens with zero attached hydrogens (tertiary/aromatic N) is 2. The van der Waals surface area contributed by atoms with Crippen molar-refractivity contribution in [3.63, 3.8) is 0 Å². The quantitative estimate of drug-likeness (QED) is 0.591. The van der Waals surface area contributed by atoms with Crippen LogP contribution in [0.3, 0.4) is 0 Å². The van der Waals surface area contributed by atoms with E-state index >= 15 is 0 Å². The number of aromatic nitrogens is 2. The summed E-state index contributed by atoms with van der Waals surface area (Å²) in [7, 11) is 4.77. The fraction of sp³-hybridized carbons (Fsp3) is 0.458. The molecule has 0 unspecified atom stereocenters. The topological polar surface area (TPSA) is 89.0 Å². The van der Waals surface area contributed by atoms with Crippen molar-refractivity contribution in [1.29, 1.82) is 0 Å². The molecule has 1 saturated heterocycles. The lowest BCUT2D eigenvalue weighted by atomic mass is 10.0. The molecule has 2 aromatic carbocycles. The molecule has 1 aliphatic carbocycles. The molecule has 1 aliphatic heterocycles. The van der Waals surface area contributed by atoms with Crippen LogP contribution in [0.4, 0.5) is 0 Å². The van der Waals surface area contributed by atoms with Gasteiger partial charge in [0.2, 0.25) is 5.75 Å². The molecule has 1 fully saturated rings. The summed E-state index contributed by atoms with van der Waals surface area (Å²) in [5.74, 6) is 1.71. The first-order valence-corrected chi connectivity index (χ1v) is 11.5. The maximum Gasteiger partial charge on any atom is 0.326 e. The number of rotatable bonds is 5. The van der Waals surface area contributed by atoms with Crippen LogP contribution < -0.4 is 19.9 Å². The number of nitrogens with one attached hydrogen (secondary N) is 1. The van der Waals surface area contributed by atoms with Crippen molar-refractivity contribution in [2.75, 3.05) is 34.4 Å². The lowest BCUT2D eigenvalue weighted by molar-refractivity contribution is 0.0404. The van der Waals surface area contributed by atoms with Gasteiger partial charge in [-0.25, -0.2) is 4.79 Å². The Morgan fingerprint density at radius 1 is 1.06 bits per heavy atom. The second kappa shape index (κ2) is 8.59. The van der Waals surface area contributed by atoms with Gasteiger partial charge in [0.25, 0.3) is 0 Å². The summed E-state index contributed by atoms with van der Waals surface area (Å²) in [6.45, 7) is 1.56. The number of fused-ring (bicyclic) bond motifs is 2. The summed E-state index contributed by atoms with van der Waals surface area (Å²) in [5.41, 5.74) is 3.30. The molecule has 0 bridgehead atoms. The average Bonchev–Trinajstić information content (AvgIpc) is 3.33. The maximum atomic E-state index is 12.7. The molecule has 0 spiro atoms. The van der Waals surface area contributed by atoms with Crippen LogP contribution in [0.5, 0.6) is 17.2 Å². The Bertz CT molecular complexity index is 1250. The predicted octanol–water partition coefficient (Wildman–Crippen LogP) is 3.30. The molecule has 8 nitrogen and oxygen atoms in total. The summed E-state index contributed by atoms with van der Waals surface area (Å²) < 4.78 is 18.5. The molecule has 3 aromatic rings. The van der Waals surface area contributed by atoms with Gasteiger partial charge in [-0.2, -0.15) is 0 Å². The van der Waals surface area contributed by atoms with Crippen molar-refractivity contribution in [3.05, 3.63) is 50.9 Å². The summed E-state index contributed by atoms with van der Waals surface area (Å²) >= 11 is 6.08. The molecule has 1 aromatic heterocycles. The third kappa shape index (κ3) is 3.57. The molecule has 5 rings (SSSR count). The molecule has 2 aliphatic rings. The van der Waals surface area contributed by atoms with Crippen molar-refractivity contribution >= 4 is 22.6 Å². The van der Waals surface area contributed by atoms with Crippen LogP contribution >= 0.6 is 11.6 Å². The van der Waals surface area contributed by atoms with Crippen LogP contribution in [0.2, 0.25) is 5.02 Å². The summed E-state index contributed by atoms with van der Waals surface area (Å²) in [6, 6.07) is 7.37. The molecule has 0 amide bonds. The Hall–Kier alpha value is -2.68. The average molecular weight is 474 g/mol. The highest BCUT2D eigenvalue weighted by atomic mass is 35.5. The number of aliphatic hydroxyl groups excluding tert-OH is 1. The molecule has 0 radical (unpaired) electrons. The van der Waals surface area contributed by atoms with Crippen molar-refractivity contribution in [3.8, 4) is 17.2 Å². The first-order chi connectivity index (χ1) is 16.0. The van der Waals surface area contributed by atoms with Crippen LogP contribution in [0.25, 0.3) is 11.0 Å². The molecule has 9 heteroatoms. The SMILES string of the molecule is COc1cc2c(c(OC)c1OC)C[C@@H](N1CCC(n3c(=O)[nH]c4cc(Cl)ccc43)CC1)[C@@H]2O. The lowest BCUT2D eigenvalue weighted by Crippen LogP contribution is -2.44. The standard InChI is InChI=1S/C24H28ClN3O5/c1-31-20-12-15-16(22(32-2)23(20)33-3)11-19(21(15)29)27-8-6-14(7-9-27)28-18-5-4-13(25)10-17(18)26-24(28)30/h4-5,10,12,14,19,21,29H,6-9,11H2,1-3H3,(H,26,30)/t19-,21-/m1/s1. The number of hydrogen-bond acceptors (Lipinski definition) is 6. The largest absolute Gasteiger partial charge is 0.493 e. The number of methoxy groups -OCH3 is 3. The number of aliphatic hydroxyl groups is 1. The highest BCUT2D eigenvalue weighted by Gasteiger charge is 2.40. The van der Waals surface area contributed by atoms with Gasteiger partial charge in [0, 0.05) is 35.8 Å². The molecule has 0 saturated carbocycles. The van der Waals surface area contributed by atoms with Crippen molar-refractivity contribution in [1.82, 2.24) is 14.5 Å². The number of benzene rings is 2. The van der Waals surface area contributed by atoms with Crippen molar-refractivity contribution in [2.24, 2.45) is 0 Å². The fourth-order valence-electron chi connectivity index (χ4n) is 5.51. The first kappa shape index (κ1) is 22.1. The Morgan fingerprint density at radius 3 is 2.45 bits per heavy atom. The molecular weight excluding hydrogens is 446 g/mol. The predicted molar refractivity (Wildman–Crippen MR) is 126 cm³/mol. The van der Waals surface area contributed by atoms with E-state index in [2.05, 4.69) is 9.88 Å². The fourth-order valence-corrected chi connectivity index (χ4v) is 5.68. The highest BCUT2D eigenvalue weighted by molar-refractivity contribution is 6.31. The normalized spacial score (nSPS) is 21.4. The minimum atomic E-state index is -0.650. The third-order valence-electron chi connectivity index (χ3n) is 7.08. The second-order valence-corrected chi connectivity index (χ2v) is 9.09. The van der Waals surface area contributed by atoms with E-state index in [0.717, 1.165) is 48.1 Å². The van der Waals surface area contributed by atoms with Crippen molar-refractivity contribution in [2.45, 2.75) is 37.5 Å². The Labute approximate surface area is 196 Å². The molecular formula is C24H28ClN3O5. The second-order valence-electron chi connectivity index (χ2n) is 8.66. The molecule has 2 atom stereocenters. The van der Waals surface area contributed by atoms with E-state index in [9.17, 15) is 9.90 Å². The van der Waals surface area contributed by atoms with Crippen LogP contribution in [0, 0.1) is 0 Å². The molecule has 33 heavy (non-hydrogen) atoms. The van der Waals surface area contributed by atoms with Gasteiger partial charge in [-0.1, -0.05) is 11.6 Å². The van der Waals surface area contributed by atoms with Gasteiger partial charge in [-0.15, -0.1) is 0 Å². The number of imidazole rings is 1. The van der Waals surface area contributed by atoms with Gasteiger partial charge < -0.3 is 24.3 Å². The summed E-state index contributed by atoms with van der Waals surface area (Å²) in [6.07, 6.45) is 1.65. The van der Waals surface area contributed by atoms with Gasteiger partial charge in [-0.3, -0.25) is 9.47 Å². The molecule has 176 valence electrons. The van der Waals surface area contributed by atoms with E-state index < -0.39 is 6.10 Å². The van der Waals surface area contributed by atoms with E-state index in [0.29, 0.717) is 28.7 Å². The number of halogens is 1. The van der Waals surface area contributed by atoms with Crippen molar-refractivity contribution < 1.29 is 19.3 Å². The zero-order valence-corrected chi connectivity index (χ0v) is 19.7. The number of H-pyrrole nitrogens is 1. The van der Waals surface area contributed by atoms with Gasteiger partial charge >= 0.3 is 5.69 Å². The molecule has 2 N–H and O–H groups in total. The van der Waals surface area contributed by atoms with Gasteiger partial charge in [0.05, 0.1) is 38.5 Å². The number of aromatic amines is 1. The van der Waals surface area contributed by atoms with Crippen LogP contribution in [0.15, 0.2) is 29.1 Å². The van der Waals surface area contributed by atoms with Crippen LogP contribution in [-0.4, -0.2) is 60.0 Å².